The number of nitrogens with zero attached hydrogens (tertiary/aromatic N) is 1. The quantitative estimate of drug-likeness (QED) is 0.582. The van der Waals surface area contributed by atoms with Gasteiger partial charge in [0.15, 0.2) is 0 Å². The van der Waals surface area contributed by atoms with Crippen molar-refractivity contribution in [3.05, 3.63) is 24.0 Å². The van der Waals surface area contributed by atoms with Gasteiger partial charge in [-0.05, 0) is 44.2 Å². The van der Waals surface area contributed by atoms with Gasteiger partial charge in [0.05, 0.1) is 24.4 Å². The lowest BCUT2D eigenvalue weighted by Crippen LogP contribution is -2.44. The molecule has 0 saturated heterocycles. The highest BCUT2D eigenvalue weighted by Crippen LogP contribution is 2.41. The van der Waals surface area contributed by atoms with Crippen LogP contribution in [0.3, 0.4) is 0 Å². The van der Waals surface area contributed by atoms with Crippen molar-refractivity contribution in [3.8, 4) is 5.75 Å². The van der Waals surface area contributed by atoms with Gasteiger partial charge in [0.2, 0.25) is 0 Å². The van der Waals surface area contributed by atoms with E-state index in [1.54, 1.807) is 13.3 Å². The lowest BCUT2D eigenvalue weighted by Gasteiger charge is -2.42. The van der Waals surface area contributed by atoms with Crippen LogP contribution < -0.4 is 16.0 Å². The van der Waals surface area contributed by atoms with Gasteiger partial charge in [0.25, 0.3) is 0 Å². The van der Waals surface area contributed by atoms with Gasteiger partial charge in [-0.2, -0.15) is 0 Å². The molecule has 0 radical (unpaired) electrons. The Morgan fingerprint density at radius 3 is 2.79 bits per heavy atom. The first-order valence-corrected chi connectivity index (χ1v) is 6.82. The maximum atomic E-state index is 5.70. The summed E-state index contributed by atoms with van der Waals surface area (Å²) in [5.41, 5.74) is 3.88. The van der Waals surface area contributed by atoms with Gasteiger partial charge in [0.1, 0.15) is 5.75 Å². The summed E-state index contributed by atoms with van der Waals surface area (Å²) in [4.78, 5) is 4.21. The number of nitrogens with one attached hydrogen (secondary N) is 1. The number of hydrogen-bond donors (Lipinski definition) is 2. The van der Waals surface area contributed by atoms with Gasteiger partial charge in [-0.3, -0.25) is 16.3 Å². The van der Waals surface area contributed by atoms with E-state index in [1.165, 1.54) is 6.42 Å². The van der Waals surface area contributed by atoms with Crippen molar-refractivity contribution in [2.75, 3.05) is 13.7 Å². The molecule has 0 spiro atoms. The molecule has 1 aromatic rings. The van der Waals surface area contributed by atoms with Crippen LogP contribution in [0.5, 0.6) is 5.75 Å². The first kappa shape index (κ1) is 14.2. The van der Waals surface area contributed by atoms with Gasteiger partial charge < -0.3 is 9.47 Å². The van der Waals surface area contributed by atoms with E-state index in [4.69, 9.17) is 15.3 Å². The third-order valence-electron chi connectivity index (χ3n) is 3.92. The zero-order valence-electron chi connectivity index (χ0n) is 11.7. The molecule has 0 aliphatic heterocycles. The maximum Gasteiger partial charge on any atom is 0.137 e. The van der Waals surface area contributed by atoms with Crippen LogP contribution in [0.2, 0.25) is 0 Å². The molecule has 5 nitrogen and oxygen atoms in total. The summed E-state index contributed by atoms with van der Waals surface area (Å²) in [5, 5.41) is 0. The van der Waals surface area contributed by atoms with E-state index in [2.05, 4.69) is 10.4 Å². The molecular formula is C14H23N3O2. The van der Waals surface area contributed by atoms with Crippen LogP contribution >= 0.6 is 0 Å². The van der Waals surface area contributed by atoms with E-state index in [1.807, 2.05) is 19.2 Å². The van der Waals surface area contributed by atoms with Gasteiger partial charge in [-0.1, -0.05) is 0 Å². The van der Waals surface area contributed by atoms with E-state index in [-0.39, 0.29) is 11.6 Å². The number of ether oxygens (including phenoxy) is 2. The molecule has 0 bridgehead atoms. The van der Waals surface area contributed by atoms with E-state index in [0.717, 1.165) is 30.6 Å². The normalized spacial score (nSPS) is 18.7. The highest BCUT2D eigenvalue weighted by Gasteiger charge is 2.39. The van der Waals surface area contributed by atoms with Crippen molar-refractivity contribution in [2.45, 2.75) is 44.2 Å². The number of hydrazine groups is 1. The summed E-state index contributed by atoms with van der Waals surface area (Å²) in [6, 6.07) is 2.02. The fourth-order valence-corrected chi connectivity index (χ4v) is 2.58. The van der Waals surface area contributed by atoms with Crippen molar-refractivity contribution in [3.63, 3.8) is 0 Å². The lowest BCUT2D eigenvalue weighted by atomic mass is 9.75. The van der Waals surface area contributed by atoms with Crippen molar-refractivity contribution >= 4 is 0 Å². The topological polar surface area (TPSA) is 69.4 Å². The molecule has 1 unspecified atom stereocenters. The van der Waals surface area contributed by atoms with E-state index in [9.17, 15) is 0 Å². The van der Waals surface area contributed by atoms with Gasteiger partial charge in [-0.15, -0.1) is 0 Å². The molecule has 1 aliphatic rings. The molecule has 3 N–H and O–H groups in total. The highest BCUT2D eigenvalue weighted by molar-refractivity contribution is 5.26. The molecular weight excluding hydrogens is 242 g/mol. The average Bonchev–Trinajstić information content (AvgIpc) is 2.39. The minimum Gasteiger partial charge on any atom is -0.492 e. The number of nitrogens with two attached hydrogens (primary N) is 1. The van der Waals surface area contributed by atoms with E-state index < -0.39 is 0 Å². The lowest BCUT2D eigenvalue weighted by molar-refractivity contribution is -0.0838. The Bertz CT molecular complexity index is 402. The van der Waals surface area contributed by atoms with Gasteiger partial charge in [0, 0.05) is 13.3 Å². The standard InChI is InChI=1S/C14H23N3O2/c1-3-19-12-7-11(9-16-10-12)13(17-15)8-14(18-2)5-4-6-14/h7,9-10,13,17H,3-6,8,15H2,1-2H3. The number of aromatic nitrogens is 1. The van der Waals surface area contributed by atoms with Crippen LogP contribution in [0.25, 0.3) is 0 Å². The van der Waals surface area contributed by atoms with Crippen molar-refractivity contribution in [2.24, 2.45) is 5.84 Å². The largest absolute Gasteiger partial charge is 0.492 e. The van der Waals surface area contributed by atoms with Gasteiger partial charge >= 0.3 is 0 Å². The molecule has 1 aliphatic carbocycles. The SMILES string of the molecule is CCOc1cncc(C(CC2(OC)CCC2)NN)c1. The number of methoxy groups -OCH3 is 1. The van der Waals surface area contributed by atoms with Crippen LogP contribution in [-0.2, 0) is 4.74 Å². The first-order valence-electron chi connectivity index (χ1n) is 6.82. The van der Waals surface area contributed by atoms with Crippen molar-refractivity contribution in [1.29, 1.82) is 0 Å². The van der Waals surface area contributed by atoms with Crippen LogP contribution in [-0.4, -0.2) is 24.3 Å². The molecule has 106 valence electrons. The van der Waals surface area contributed by atoms with Crippen LogP contribution in [0, 0.1) is 0 Å². The summed E-state index contributed by atoms with van der Waals surface area (Å²) < 4.78 is 11.1. The smallest absolute Gasteiger partial charge is 0.137 e. The summed E-state index contributed by atoms with van der Waals surface area (Å²) in [6.45, 7) is 2.59. The summed E-state index contributed by atoms with van der Waals surface area (Å²) in [6.07, 6.45) is 7.82. The Morgan fingerprint density at radius 2 is 2.26 bits per heavy atom. The molecule has 1 atom stereocenters. The fraction of sp³-hybridized carbons (Fsp3) is 0.643. The third kappa shape index (κ3) is 3.23. The van der Waals surface area contributed by atoms with E-state index >= 15 is 0 Å². The summed E-state index contributed by atoms with van der Waals surface area (Å²) >= 11 is 0. The molecule has 1 aromatic heterocycles. The molecule has 1 heterocycles. The Kier molecular flexibility index (Phi) is 4.74. The fourth-order valence-electron chi connectivity index (χ4n) is 2.58. The van der Waals surface area contributed by atoms with Crippen LogP contribution in [0.1, 0.15) is 44.2 Å². The number of rotatable bonds is 7. The van der Waals surface area contributed by atoms with Crippen LogP contribution in [0.15, 0.2) is 18.5 Å². The van der Waals surface area contributed by atoms with Crippen molar-refractivity contribution in [1.82, 2.24) is 10.4 Å². The predicted octanol–water partition coefficient (Wildman–Crippen LogP) is 1.94. The summed E-state index contributed by atoms with van der Waals surface area (Å²) in [5.74, 6) is 6.47. The predicted molar refractivity (Wildman–Crippen MR) is 73.7 cm³/mol. The monoisotopic (exact) mass is 265 g/mol. The van der Waals surface area contributed by atoms with Crippen molar-refractivity contribution < 1.29 is 9.47 Å². The maximum absolute atomic E-state index is 5.70. The molecule has 0 amide bonds. The minimum absolute atomic E-state index is 0.0291. The zero-order chi connectivity index (χ0) is 13.7. The molecule has 0 aromatic carbocycles. The Hall–Kier alpha value is -1.17. The Balaban J connectivity index is 2.10. The van der Waals surface area contributed by atoms with Crippen LogP contribution in [0.4, 0.5) is 0 Å². The second kappa shape index (κ2) is 6.32. The second-order valence-electron chi connectivity index (χ2n) is 5.05. The molecule has 1 fully saturated rings. The zero-order valence-corrected chi connectivity index (χ0v) is 11.7. The molecule has 5 heteroatoms. The third-order valence-corrected chi connectivity index (χ3v) is 3.92. The average molecular weight is 265 g/mol. The van der Waals surface area contributed by atoms with Gasteiger partial charge in [-0.25, -0.2) is 0 Å². The molecule has 19 heavy (non-hydrogen) atoms. The Morgan fingerprint density at radius 1 is 1.47 bits per heavy atom. The molecule has 2 rings (SSSR count). The second-order valence-corrected chi connectivity index (χ2v) is 5.05. The molecule has 1 saturated carbocycles. The highest BCUT2D eigenvalue weighted by atomic mass is 16.5. The summed E-state index contributed by atoms with van der Waals surface area (Å²) in [7, 11) is 1.78. The Labute approximate surface area is 114 Å². The number of hydrogen-bond acceptors (Lipinski definition) is 5. The first-order chi connectivity index (χ1) is 9.23. The number of pyridine rings is 1. The minimum atomic E-state index is -0.0291. The van der Waals surface area contributed by atoms with E-state index in [0.29, 0.717) is 6.61 Å².